The number of hydrogen-bond acceptors (Lipinski definition) is 4. The molecule has 0 N–H and O–H groups in total. The normalized spacial score (nSPS) is 26.4. The van der Waals surface area contributed by atoms with Crippen LogP contribution in [0.4, 0.5) is 0 Å². The maximum absolute atomic E-state index is 12.5. The van der Waals surface area contributed by atoms with Gasteiger partial charge >= 0.3 is 0 Å². The molecule has 0 radical (unpaired) electrons. The number of hydrogen-bond donors (Lipinski definition) is 0. The second kappa shape index (κ2) is 6.15. The lowest BCUT2D eigenvalue weighted by atomic mass is 9.97. The van der Waals surface area contributed by atoms with E-state index in [4.69, 9.17) is 4.74 Å². The van der Waals surface area contributed by atoms with E-state index in [1.165, 1.54) is 0 Å². The Hall–Kier alpha value is -1.40. The van der Waals surface area contributed by atoms with Gasteiger partial charge in [0.1, 0.15) is 11.9 Å². The van der Waals surface area contributed by atoms with E-state index >= 15 is 0 Å². The average Bonchev–Trinajstić information content (AvgIpc) is 2.94. The molecule has 2 aliphatic rings. The number of imidazole rings is 1. The third-order valence-corrected chi connectivity index (χ3v) is 4.50. The van der Waals surface area contributed by atoms with Crippen LogP contribution in [0.25, 0.3) is 0 Å². The highest BCUT2D eigenvalue weighted by molar-refractivity contribution is 5.81. The zero-order valence-electron chi connectivity index (χ0n) is 12.9. The number of amides is 1. The lowest BCUT2D eigenvalue weighted by Gasteiger charge is -2.33. The van der Waals surface area contributed by atoms with Crippen LogP contribution >= 0.6 is 0 Å². The van der Waals surface area contributed by atoms with E-state index in [1.807, 2.05) is 31.4 Å². The molecule has 3 rings (SSSR count). The fraction of sp³-hybridized carbons (Fsp3) is 0.733. The van der Waals surface area contributed by atoms with Crippen LogP contribution in [0.15, 0.2) is 12.4 Å². The molecule has 0 saturated carbocycles. The molecule has 3 heterocycles. The van der Waals surface area contributed by atoms with Gasteiger partial charge in [0.25, 0.3) is 5.91 Å². The van der Waals surface area contributed by atoms with Crippen LogP contribution in [0.5, 0.6) is 0 Å². The molecule has 116 valence electrons. The Bertz CT molecular complexity index is 502. The second-order valence-corrected chi connectivity index (χ2v) is 6.24. The molecule has 1 saturated heterocycles. The summed E-state index contributed by atoms with van der Waals surface area (Å²) in [7, 11) is 3.92. The minimum absolute atomic E-state index is 0.107. The molecule has 1 amide bonds. The van der Waals surface area contributed by atoms with E-state index in [9.17, 15) is 4.79 Å². The van der Waals surface area contributed by atoms with Gasteiger partial charge in [0, 0.05) is 52.0 Å². The van der Waals surface area contributed by atoms with Gasteiger partial charge in [-0.2, -0.15) is 0 Å². The molecule has 0 aliphatic carbocycles. The monoisotopic (exact) mass is 292 g/mol. The Morgan fingerprint density at radius 2 is 2.38 bits per heavy atom. The first-order valence-electron chi connectivity index (χ1n) is 7.68. The largest absolute Gasteiger partial charge is 0.366 e. The quantitative estimate of drug-likeness (QED) is 0.800. The van der Waals surface area contributed by atoms with Crippen LogP contribution in [0.2, 0.25) is 0 Å². The Morgan fingerprint density at radius 3 is 3.19 bits per heavy atom. The number of rotatable bonds is 3. The lowest BCUT2D eigenvalue weighted by molar-refractivity contribution is -0.148. The Balaban J connectivity index is 1.54. The summed E-state index contributed by atoms with van der Waals surface area (Å²) in [4.78, 5) is 20.8. The third kappa shape index (κ3) is 3.27. The minimum Gasteiger partial charge on any atom is -0.366 e. The molecule has 0 spiro atoms. The van der Waals surface area contributed by atoms with E-state index in [0.29, 0.717) is 19.1 Å². The fourth-order valence-corrected chi connectivity index (χ4v) is 3.22. The number of carbonyl (C=O) groups excluding carboxylic acids is 1. The molecule has 2 atom stereocenters. The van der Waals surface area contributed by atoms with Crippen LogP contribution in [-0.2, 0) is 22.5 Å². The van der Waals surface area contributed by atoms with Gasteiger partial charge in [-0.3, -0.25) is 4.79 Å². The van der Waals surface area contributed by atoms with E-state index in [0.717, 1.165) is 38.3 Å². The van der Waals surface area contributed by atoms with Crippen molar-refractivity contribution in [3.8, 4) is 0 Å². The maximum Gasteiger partial charge on any atom is 0.252 e. The van der Waals surface area contributed by atoms with Crippen molar-refractivity contribution in [2.45, 2.75) is 25.5 Å². The summed E-state index contributed by atoms with van der Waals surface area (Å²) in [5, 5.41) is 0. The van der Waals surface area contributed by atoms with Crippen molar-refractivity contribution in [3.05, 3.63) is 18.2 Å². The average molecular weight is 292 g/mol. The van der Waals surface area contributed by atoms with Crippen molar-refractivity contribution in [2.24, 2.45) is 5.92 Å². The number of aryl methyl sites for hydroxylation is 1. The highest BCUT2D eigenvalue weighted by Gasteiger charge is 2.29. The molecule has 2 unspecified atom stereocenters. The molecule has 21 heavy (non-hydrogen) atoms. The van der Waals surface area contributed by atoms with Gasteiger partial charge in [0.05, 0.1) is 6.61 Å². The standard InChI is InChI=1S/C15H24N4O2/c1-17-7-8-21-13(11-17)15(20)18(2)10-12-3-5-19-6-4-16-14(19)9-12/h4,6,12-13H,3,5,7-11H2,1-2H3. The van der Waals surface area contributed by atoms with E-state index in [1.54, 1.807) is 0 Å². The van der Waals surface area contributed by atoms with E-state index in [-0.39, 0.29) is 12.0 Å². The minimum atomic E-state index is -0.306. The Kier molecular flexibility index (Phi) is 4.26. The topological polar surface area (TPSA) is 50.6 Å². The van der Waals surface area contributed by atoms with Crippen LogP contribution in [0.1, 0.15) is 12.2 Å². The lowest BCUT2D eigenvalue weighted by Crippen LogP contribution is -2.50. The summed E-state index contributed by atoms with van der Waals surface area (Å²) in [6, 6.07) is 0. The van der Waals surface area contributed by atoms with Gasteiger partial charge in [0.2, 0.25) is 0 Å². The molecule has 1 aromatic rings. The summed E-state index contributed by atoms with van der Waals surface area (Å²) in [6.07, 6.45) is 5.65. The van der Waals surface area contributed by atoms with E-state index in [2.05, 4.69) is 14.5 Å². The van der Waals surface area contributed by atoms with Crippen LogP contribution in [-0.4, -0.2) is 71.7 Å². The van der Waals surface area contributed by atoms with Crippen LogP contribution in [0.3, 0.4) is 0 Å². The fourth-order valence-electron chi connectivity index (χ4n) is 3.22. The molecule has 0 bridgehead atoms. The van der Waals surface area contributed by atoms with Crippen molar-refractivity contribution in [1.29, 1.82) is 0 Å². The molecule has 6 nitrogen and oxygen atoms in total. The van der Waals surface area contributed by atoms with Crippen molar-refractivity contribution >= 4 is 5.91 Å². The Labute approximate surface area is 125 Å². The van der Waals surface area contributed by atoms with Gasteiger partial charge in [-0.15, -0.1) is 0 Å². The van der Waals surface area contributed by atoms with Crippen molar-refractivity contribution in [1.82, 2.24) is 19.4 Å². The first-order chi connectivity index (χ1) is 10.1. The first-order valence-corrected chi connectivity index (χ1v) is 7.68. The van der Waals surface area contributed by atoms with Gasteiger partial charge in [-0.25, -0.2) is 4.98 Å². The highest BCUT2D eigenvalue weighted by Crippen LogP contribution is 2.20. The molecule has 1 fully saturated rings. The molecule has 0 aromatic carbocycles. The summed E-state index contributed by atoms with van der Waals surface area (Å²) in [5.74, 6) is 1.74. The van der Waals surface area contributed by atoms with Crippen LogP contribution < -0.4 is 0 Å². The zero-order valence-corrected chi connectivity index (χ0v) is 12.9. The van der Waals surface area contributed by atoms with Crippen molar-refractivity contribution in [2.75, 3.05) is 40.3 Å². The zero-order chi connectivity index (χ0) is 14.8. The highest BCUT2D eigenvalue weighted by atomic mass is 16.5. The van der Waals surface area contributed by atoms with Gasteiger partial charge in [0.15, 0.2) is 0 Å². The number of morpholine rings is 1. The van der Waals surface area contributed by atoms with Gasteiger partial charge in [-0.1, -0.05) is 0 Å². The van der Waals surface area contributed by atoms with Gasteiger partial charge in [-0.05, 0) is 19.4 Å². The number of aromatic nitrogens is 2. The molecule has 2 aliphatic heterocycles. The van der Waals surface area contributed by atoms with Gasteiger partial charge < -0.3 is 19.1 Å². The summed E-state index contributed by atoms with van der Waals surface area (Å²) in [6.45, 7) is 4.03. The SMILES string of the molecule is CN1CCOC(C(=O)N(C)CC2CCn3ccnc3C2)C1. The predicted molar refractivity (Wildman–Crippen MR) is 78.9 cm³/mol. The molecule has 1 aromatic heterocycles. The second-order valence-electron chi connectivity index (χ2n) is 6.24. The van der Waals surface area contributed by atoms with Crippen LogP contribution in [0, 0.1) is 5.92 Å². The smallest absolute Gasteiger partial charge is 0.252 e. The Morgan fingerprint density at radius 1 is 1.52 bits per heavy atom. The van der Waals surface area contributed by atoms with Crippen molar-refractivity contribution in [3.63, 3.8) is 0 Å². The first kappa shape index (κ1) is 14.5. The summed E-state index contributed by atoms with van der Waals surface area (Å²) >= 11 is 0. The van der Waals surface area contributed by atoms with E-state index < -0.39 is 0 Å². The predicted octanol–water partition coefficient (Wildman–Crippen LogP) is 0.235. The molecule has 6 heteroatoms. The maximum atomic E-state index is 12.5. The summed E-state index contributed by atoms with van der Waals surface area (Å²) in [5.41, 5.74) is 0. The number of ether oxygens (including phenoxy) is 1. The third-order valence-electron chi connectivity index (χ3n) is 4.50. The summed E-state index contributed by atoms with van der Waals surface area (Å²) < 4.78 is 7.82. The number of carbonyl (C=O) groups is 1. The number of likely N-dealkylation sites (N-methyl/N-ethyl adjacent to an activating group) is 2. The molecular formula is C15H24N4O2. The molecular weight excluding hydrogens is 268 g/mol. The number of fused-ring (bicyclic) bond motifs is 1. The van der Waals surface area contributed by atoms with Crippen molar-refractivity contribution < 1.29 is 9.53 Å². The number of nitrogens with zero attached hydrogens (tertiary/aromatic N) is 4.